The van der Waals surface area contributed by atoms with Crippen molar-refractivity contribution >= 4 is 45.4 Å². The summed E-state index contributed by atoms with van der Waals surface area (Å²) in [6, 6.07) is 58.8. The van der Waals surface area contributed by atoms with E-state index in [-0.39, 0.29) is 6.10 Å². The van der Waals surface area contributed by atoms with Crippen LogP contribution < -0.4 is 20.7 Å². The third-order valence-corrected chi connectivity index (χ3v) is 10.4. The van der Waals surface area contributed by atoms with Crippen LogP contribution in [0.3, 0.4) is 0 Å². The fourth-order valence-electron chi connectivity index (χ4n) is 5.88. The van der Waals surface area contributed by atoms with E-state index in [1.165, 1.54) is 43.0 Å². The molecule has 0 aromatic heterocycles. The maximum Gasteiger partial charge on any atom is 0.128 e. The molecule has 0 aliphatic rings. The highest BCUT2D eigenvalue weighted by Gasteiger charge is 2.25. The number of benzene rings is 7. The van der Waals surface area contributed by atoms with E-state index in [9.17, 15) is 0 Å². The van der Waals surface area contributed by atoms with Gasteiger partial charge in [-0.05, 0) is 63.9 Å². The van der Waals surface area contributed by atoms with Crippen LogP contribution in [-0.4, -0.2) is 0 Å². The molecule has 0 heterocycles. The summed E-state index contributed by atoms with van der Waals surface area (Å²) in [6.07, 6.45) is -0.103. The van der Waals surface area contributed by atoms with Crippen molar-refractivity contribution in [3.05, 3.63) is 169 Å². The highest BCUT2D eigenvalue weighted by molar-refractivity contribution is 7.80. The van der Waals surface area contributed by atoms with Gasteiger partial charge in [-0.2, -0.15) is 0 Å². The molecule has 0 aliphatic heterocycles. The second-order valence-corrected chi connectivity index (χ2v) is 12.7. The fourth-order valence-corrected chi connectivity index (χ4v) is 8.36. The molecule has 0 aliphatic carbocycles. The molecule has 0 saturated heterocycles. The average molecular weight is 559 g/mol. The SMILES string of the molecule is C[C@@H](Oc1ccc2ccccc2c1-c1c(P(c2ccccc2)c2ccccc2)ccc2ccccc12)c1ccccc1. The average Bonchev–Trinajstić information content (AvgIpc) is 3.06. The lowest BCUT2D eigenvalue weighted by atomic mass is 9.93. The van der Waals surface area contributed by atoms with Gasteiger partial charge in [-0.3, -0.25) is 0 Å². The van der Waals surface area contributed by atoms with Crippen molar-refractivity contribution in [3.63, 3.8) is 0 Å². The van der Waals surface area contributed by atoms with Crippen LogP contribution in [0.1, 0.15) is 18.6 Å². The van der Waals surface area contributed by atoms with Crippen LogP contribution in [0, 0.1) is 0 Å². The summed E-state index contributed by atoms with van der Waals surface area (Å²) in [5.74, 6) is 0.902. The first-order valence-corrected chi connectivity index (χ1v) is 15.8. The Bertz CT molecular complexity index is 1930. The van der Waals surface area contributed by atoms with Crippen molar-refractivity contribution in [1.29, 1.82) is 0 Å². The van der Waals surface area contributed by atoms with Crippen molar-refractivity contribution in [2.45, 2.75) is 13.0 Å². The van der Waals surface area contributed by atoms with Gasteiger partial charge < -0.3 is 4.74 Å². The first-order chi connectivity index (χ1) is 20.8. The second kappa shape index (κ2) is 11.6. The first-order valence-electron chi connectivity index (χ1n) is 14.4. The highest BCUT2D eigenvalue weighted by Crippen LogP contribution is 2.46. The number of hydrogen-bond acceptors (Lipinski definition) is 1. The smallest absolute Gasteiger partial charge is 0.128 e. The van der Waals surface area contributed by atoms with E-state index < -0.39 is 7.92 Å². The third kappa shape index (κ3) is 4.98. The minimum atomic E-state index is -0.851. The number of fused-ring (bicyclic) bond motifs is 2. The fraction of sp³-hybridized carbons (Fsp3) is 0.0500. The molecule has 0 N–H and O–H groups in total. The monoisotopic (exact) mass is 558 g/mol. The van der Waals surface area contributed by atoms with E-state index in [0.717, 1.165) is 16.9 Å². The zero-order valence-corrected chi connectivity index (χ0v) is 24.4. The van der Waals surface area contributed by atoms with E-state index in [4.69, 9.17) is 4.74 Å². The second-order valence-electron chi connectivity index (χ2n) is 10.5. The van der Waals surface area contributed by atoms with Gasteiger partial charge in [0.05, 0.1) is 0 Å². The Labute approximate surface area is 248 Å². The maximum atomic E-state index is 6.90. The zero-order chi connectivity index (χ0) is 28.3. The summed E-state index contributed by atoms with van der Waals surface area (Å²) >= 11 is 0. The molecule has 0 radical (unpaired) electrons. The van der Waals surface area contributed by atoms with Crippen LogP contribution in [0.25, 0.3) is 32.7 Å². The molecule has 7 aromatic rings. The first kappa shape index (κ1) is 26.2. The van der Waals surface area contributed by atoms with Crippen molar-refractivity contribution in [1.82, 2.24) is 0 Å². The van der Waals surface area contributed by atoms with Gasteiger partial charge >= 0.3 is 0 Å². The summed E-state index contributed by atoms with van der Waals surface area (Å²) < 4.78 is 6.90. The number of rotatable bonds is 7. The van der Waals surface area contributed by atoms with Crippen molar-refractivity contribution in [2.24, 2.45) is 0 Å². The molecule has 0 unspecified atom stereocenters. The van der Waals surface area contributed by atoms with Crippen LogP contribution in [0.5, 0.6) is 5.75 Å². The lowest BCUT2D eigenvalue weighted by Crippen LogP contribution is -2.22. The van der Waals surface area contributed by atoms with Crippen molar-refractivity contribution in [3.8, 4) is 16.9 Å². The Kier molecular flexibility index (Phi) is 7.27. The van der Waals surface area contributed by atoms with E-state index in [1.54, 1.807) is 0 Å². The molecule has 2 heteroatoms. The summed E-state index contributed by atoms with van der Waals surface area (Å²) in [6.45, 7) is 2.14. The molecule has 0 amide bonds. The van der Waals surface area contributed by atoms with Gasteiger partial charge in [-0.15, -0.1) is 0 Å². The molecule has 202 valence electrons. The number of hydrogen-bond donors (Lipinski definition) is 0. The lowest BCUT2D eigenvalue weighted by molar-refractivity contribution is 0.228. The summed E-state index contributed by atoms with van der Waals surface area (Å²) in [5, 5.41) is 8.85. The molecular formula is C40H31OP. The topological polar surface area (TPSA) is 9.23 Å². The maximum absolute atomic E-state index is 6.90. The van der Waals surface area contributed by atoms with Crippen molar-refractivity contribution in [2.75, 3.05) is 0 Å². The van der Waals surface area contributed by atoms with Crippen LogP contribution >= 0.6 is 7.92 Å². The molecular weight excluding hydrogens is 527 g/mol. The third-order valence-electron chi connectivity index (χ3n) is 7.89. The molecule has 1 nitrogen and oxygen atoms in total. The van der Waals surface area contributed by atoms with Gasteiger partial charge in [0.2, 0.25) is 0 Å². The van der Waals surface area contributed by atoms with Crippen LogP contribution in [-0.2, 0) is 0 Å². The predicted molar refractivity (Wildman–Crippen MR) is 181 cm³/mol. The number of ether oxygens (including phenoxy) is 1. The molecule has 7 aromatic carbocycles. The normalized spacial score (nSPS) is 12.0. The Morgan fingerprint density at radius 1 is 0.452 bits per heavy atom. The van der Waals surface area contributed by atoms with Gasteiger partial charge in [-0.25, -0.2) is 0 Å². The Morgan fingerprint density at radius 2 is 0.929 bits per heavy atom. The standard InChI is InChI=1S/C40H31OP/c1-29(30-15-5-2-6-16-30)41-37-27-25-31-17-11-13-23-35(31)39(37)40-36-24-14-12-18-32(36)26-28-38(40)42(33-19-7-3-8-20-33)34-21-9-4-10-22-34/h2-29H,1H3/t29-/m1/s1. The predicted octanol–water partition coefficient (Wildman–Crippen LogP) is 9.56. The molecule has 0 bridgehead atoms. The van der Waals surface area contributed by atoms with Gasteiger partial charge in [0.1, 0.15) is 11.9 Å². The van der Waals surface area contributed by atoms with E-state index in [2.05, 4.69) is 171 Å². The van der Waals surface area contributed by atoms with E-state index in [0.29, 0.717) is 0 Å². The minimum Gasteiger partial charge on any atom is -0.485 e. The minimum absolute atomic E-state index is 0.103. The van der Waals surface area contributed by atoms with Crippen LogP contribution in [0.15, 0.2) is 164 Å². The van der Waals surface area contributed by atoms with Crippen LogP contribution in [0.4, 0.5) is 0 Å². The summed E-state index contributed by atoms with van der Waals surface area (Å²) in [7, 11) is -0.851. The largest absolute Gasteiger partial charge is 0.485 e. The van der Waals surface area contributed by atoms with E-state index >= 15 is 0 Å². The molecule has 0 spiro atoms. The lowest BCUT2D eigenvalue weighted by Gasteiger charge is -2.26. The quantitative estimate of drug-likeness (QED) is 0.177. The Hall–Kier alpha value is -4.71. The van der Waals surface area contributed by atoms with Crippen molar-refractivity contribution < 1.29 is 4.74 Å². The molecule has 42 heavy (non-hydrogen) atoms. The highest BCUT2D eigenvalue weighted by atomic mass is 31.1. The molecule has 0 saturated carbocycles. The van der Waals surface area contributed by atoms with E-state index in [1.807, 2.05) is 0 Å². The zero-order valence-electron chi connectivity index (χ0n) is 23.5. The summed E-state index contributed by atoms with van der Waals surface area (Å²) in [4.78, 5) is 0. The van der Waals surface area contributed by atoms with Gasteiger partial charge in [-0.1, -0.05) is 158 Å². The molecule has 0 fully saturated rings. The summed E-state index contributed by atoms with van der Waals surface area (Å²) in [5.41, 5.74) is 3.56. The Morgan fingerprint density at radius 3 is 1.52 bits per heavy atom. The van der Waals surface area contributed by atoms with Crippen LogP contribution in [0.2, 0.25) is 0 Å². The van der Waals surface area contributed by atoms with Gasteiger partial charge in [0.15, 0.2) is 0 Å². The Balaban J connectivity index is 1.55. The van der Waals surface area contributed by atoms with Gasteiger partial charge in [0, 0.05) is 11.1 Å². The molecule has 7 rings (SSSR count). The van der Waals surface area contributed by atoms with Gasteiger partial charge in [0.25, 0.3) is 0 Å². The molecule has 1 atom stereocenters.